The Morgan fingerprint density at radius 2 is 1.62 bits per heavy atom. The first kappa shape index (κ1) is 32.4. The van der Waals surface area contributed by atoms with Crippen LogP contribution < -0.4 is 16.0 Å². The Labute approximate surface area is 252 Å². The van der Waals surface area contributed by atoms with Crippen LogP contribution in [0.5, 0.6) is 0 Å². The number of aromatic nitrogens is 1. The number of rotatable bonds is 11. The molecule has 3 rings (SSSR count). The maximum atomic E-state index is 13.2. The topological polar surface area (TPSA) is 116 Å². The molecule has 0 unspecified atom stereocenters. The maximum absolute atomic E-state index is 13.2. The number of amides is 4. The quantitative estimate of drug-likeness (QED) is 0.221. The number of anilines is 3. The highest BCUT2D eigenvalue weighted by molar-refractivity contribution is 7.98. The van der Waals surface area contributed by atoms with Gasteiger partial charge in [0, 0.05) is 29.9 Å². The molecule has 0 saturated heterocycles. The first-order valence-electron chi connectivity index (χ1n) is 13.6. The molecule has 10 nitrogen and oxygen atoms in total. The first-order chi connectivity index (χ1) is 19.9. The van der Waals surface area contributed by atoms with Gasteiger partial charge in [0.2, 0.25) is 0 Å². The molecule has 1 heterocycles. The van der Waals surface area contributed by atoms with E-state index in [4.69, 9.17) is 4.74 Å². The lowest BCUT2D eigenvalue weighted by molar-refractivity contribution is 0.0635. The van der Waals surface area contributed by atoms with Crippen LogP contribution in [0, 0.1) is 0 Å². The van der Waals surface area contributed by atoms with Crippen molar-refractivity contribution in [1.82, 2.24) is 14.8 Å². The van der Waals surface area contributed by atoms with E-state index in [2.05, 4.69) is 25.8 Å². The molecule has 0 aliphatic carbocycles. The van der Waals surface area contributed by atoms with Gasteiger partial charge < -0.3 is 25.2 Å². The Hall–Kier alpha value is -4.09. The fourth-order valence-electron chi connectivity index (χ4n) is 3.91. The molecule has 0 spiro atoms. The normalized spacial score (nSPS) is 11.1. The van der Waals surface area contributed by atoms with Gasteiger partial charge in [-0.1, -0.05) is 24.3 Å². The molecule has 0 bridgehead atoms. The van der Waals surface area contributed by atoms with Crippen LogP contribution in [0.25, 0.3) is 0 Å². The van der Waals surface area contributed by atoms with Gasteiger partial charge in [-0.05, 0) is 96.0 Å². The lowest BCUT2D eigenvalue weighted by Crippen LogP contribution is -2.36. The van der Waals surface area contributed by atoms with Gasteiger partial charge in [-0.25, -0.2) is 9.59 Å². The Bertz CT molecular complexity index is 1360. The number of carbonyl (C=O) groups is 3. The predicted molar refractivity (Wildman–Crippen MR) is 169 cm³/mol. The average Bonchev–Trinajstić information content (AvgIpc) is 2.92. The minimum Gasteiger partial charge on any atom is -0.444 e. The number of ether oxygens (including phenoxy) is 1. The van der Waals surface area contributed by atoms with Crippen LogP contribution in [0.1, 0.15) is 43.2 Å². The molecule has 42 heavy (non-hydrogen) atoms. The van der Waals surface area contributed by atoms with Crippen molar-refractivity contribution < 1.29 is 19.1 Å². The summed E-state index contributed by atoms with van der Waals surface area (Å²) in [6.07, 6.45) is 3.77. The van der Waals surface area contributed by atoms with Crippen LogP contribution in [0.3, 0.4) is 0 Å². The lowest BCUT2D eigenvalue weighted by Gasteiger charge is -2.24. The third kappa shape index (κ3) is 10.7. The highest BCUT2D eigenvalue weighted by atomic mass is 32.2. The summed E-state index contributed by atoms with van der Waals surface area (Å²) >= 11 is 1.61. The molecule has 11 heteroatoms. The number of urea groups is 1. The van der Waals surface area contributed by atoms with Crippen molar-refractivity contribution in [3.63, 3.8) is 0 Å². The molecule has 4 amide bonds. The van der Waals surface area contributed by atoms with Gasteiger partial charge in [0.25, 0.3) is 5.91 Å². The first-order valence-corrected chi connectivity index (χ1v) is 14.9. The number of hydrogen-bond donors (Lipinski definition) is 3. The van der Waals surface area contributed by atoms with E-state index >= 15 is 0 Å². The summed E-state index contributed by atoms with van der Waals surface area (Å²) in [7, 11) is 4.00. The van der Waals surface area contributed by atoms with Gasteiger partial charge in [-0.2, -0.15) is 0 Å². The van der Waals surface area contributed by atoms with Crippen molar-refractivity contribution in [3.8, 4) is 0 Å². The molecule has 0 fully saturated rings. The van der Waals surface area contributed by atoms with Crippen molar-refractivity contribution in [3.05, 3.63) is 78.1 Å². The van der Waals surface area contributed by atoms with Gasteiger partial charge >= 0.3 is 12.1 Å². The third-order valence-corrected chi connectivity index (χ3v) is 6.61. The zero-order valence-electron chi connectivity index (χ0n) is 25.1. The van der Waals surface area contributed by atoms with Crippen molar-refractivity contribution in [1.29, 1.82) is 0 Å². The van der Waals surface area contributed by atoms with E-state index in [-0.39, 0.29) is 11.7 Å². The molecule has 2 aromatic carbocycles. The van der Waals surface area contributed by atoms with Crippen molar-refractivity contribution in [2.45, 2.75) is 44.2 Å². The molecule has 3 N–H and O–H groups in total. The fraction of sp³-hybridized carbons (Fsp3) is 0.355. The average molecular weight is 593 g/mol. The number of carbonyl (C=O) groups excluding carboxylic acids is 3. The second-order valence-corrected chi connectivity index (χ2v) is 11.8. The number of benzene rings is 2. The van der Waals surface area contributed by atoms with E-state index in [1.54, 1.807) is 80.0 Å². The number of pyridine rings is 1. The highest BCUT2D eigenvalue weighted by Crippen LogP contribution is 2.23. The Kier molecular flexibility index (Phi) is 11.8. The summed E-state index contributed by atoms with van der Waals surface area (Å²) in [5.74, 6) is -0.436. The largest absolute Gasteiger partial charge is 0.444 e. The van der Waals surface area contributed by atoms with Crippen molar-refractivity contribution in [2.24, 2.45) is 0 Å². The predicted octanol–water partition coefficient (Wildman–Crippen LogP) is 6.39. The molecule has 0 saturated carbocycles. The maximum Gasteiger partial charge on any atom is 0.412 e. The number of hydrogen-bond acceptors (Lipinski definition) is 7. The minimum absolute atomic E-state index is 0.198. The van der Waals surface area contributed by atoms with E-state index in [0.717, 1.165) is 29.1 Å². The summed E-state index contributed by atoms with van der Waals surface area (Å²) < 4.78 is 5.32. The highest BCUT2D eigenvalue weighted by Gasteiger charge is 2.19. The number of para-hydroxylation sites is 2. The monoisotopic (exact) mass is 592 g/mol. The summed E-state index contributed by atoms with van der Waals surface area (Å²) in [6.45, 7) is 7.04. The second kappa shape index (κ2) is 15.2. The van der Waals surface area contributed by atoms with Gasteiger partial charge in [0.05, 0.1) is 11.4 Å². The van der Waals surface area contributed by atoms with Crippen LogP contribution in [-0.2, 0) is 11.3 Å². The Morgan fingerprint density at radius 3 is 2.24 bits per heavy atom. The van der Waals surface area contributed by atoms with E-state index in [0.29, 0.717) is 24.5 Å². The molecule has 0 aliphatic heterocycles. The number of nitrogens with one attached hydrogen (secondary N) is 3. The Morgan fingerprint density at radius 1 is 0.905 bits per heavy atom. The Balaban J connectivity index is 1.68. The van der Waals surface area contributed by atoms with E-state index in [9.17, 15) is 14.4 Å². The SMILES string of the molecule is CSc1cccc(NC(=O)N(CCCN(C)C)Cc2ccc(C(=O)Nc3ccccc3NC(=O)OC(C)(C)C)nc2)c1. The van der Waals surface area contributed by atoms with E-state index in [1.807, 2.05) is 44.6 Å². The smallest absolute Gasteiger partial charge is 0.412 e. The number of nitrogens with zero attached hydrogens (tertiary/aromatic N) is 3. The molecule has 0 atom stereocenters. The summed E-state index contributed by atoms with van der Waals surface area (Å²) in [5, 5.41) is 8.46. The van der Waals surface area contributed by atoms with E-state index in [1.165, 1.54) is 0 Å². The number of thioether (sulfide) groups is 1. The van der Waals surface area contributed by atoms with Crippen molar-refractivity contribution in [2.75, 3.05) is 49.4 Å². The summed E-state index contributed by atoms with van der Waals surface area (Å²) in [4.78, 5) is 47.7. The summed E-state index contributed by atoms with van der Waals surface area (Å²) in [5.41, 5.74) is 1.87. The van der Waals surface area contributed by atoms with Gasteiger partial charge in [-0.15, -0.1) is 11.8 Å². The summed E-state index contributed by atoms with van der Waals surface area (Å²) in [6, 6.07) is 17.8. The molecule has 0 radical (unpaired) electrons. The zero-order chi connectivity index (χ0) is 30.7. The van der Waals surface area contributed by atoms with Gasteiger partial charge in [0.1, 0.15) is 11.3 Å². The van der Waals surface area contributed by atoms with E-state index < -0.39 is 17.6 Å². The van der Waals surface area contributed by atoms with Crippen LogP contribution in [0.4, 0.5) is 26.7 Å². The standard InChI is InChI=1S/C31H40N6O4S/c1-31(2,3)41-30(40)35-26-14-8-7-13-25(26)34-28(38)27-16-15-22(20-32-27)21-37(18-10-17-36(4)5)29(39)33-23-11-9-12-24(19-23)42-6/h7-9,11-16,19-20H,10,17-18,21H2,1-6H3,(H,33,39)(H,34,38)(H,35,40). The van der Waals surface area contributed by atoms with Gasteiger partial charge in [0.15, 0.2) is 0 Å². The van der Waals surface area contributed by atoms with Crippen LogP contribution in [0.15, 0.2) is 71.8 Å². The lowest BCUT2D eigenvalue weighted by atomic mass is 10.2. The fourth-order valence-corrected chi connectivity index (χ4v) is 4.37. The molecule has 224 valence electrons. The third-order valence-electron chi connectivity index (χ3n) is 5.88. The van der Waals surface area contributed by atoms with Gasteiger partial charge in [-0.3, -0.25) is 15.1 Å². The molecule has 3 aromatic rings. The molecular formula is C31H40N6O4S. The minimum atomic E-state index is -0.657. The van der Waals surface area contributed by atoms with Crippen molar-refractivity contribution >= 4 is 46.9 Å². The van der Waals surface area contributed by atoms with Crippen LogP contribution >= 0.6 is 11.8 Å². The second-order valence-electron chi connectivity index (χ2n) is 10.9. The van der Waals surface area contributed by atoms with Crippen LogP contribution in [0.2, 0.25) is 0 Å². The molecule has 0 aliphatic rings. The zero-order valence-corrected chi connectivity index (χ0v) is 25.9. The molecule has 1 aromatic heterocycles. The van der Waals surface area contributed by atoms with Crippen LogP contribution in [-0.4, -0.2) is 71.9 Å². The molecular weight excluding hydrogens is 552 g/mol.